The highest BCUT2D eigenvalue weighted by Gasteiger charge is 2.46. The van der Waals surface area contributed by atoms with Gasteiger partial charge in [0.25, 0.3) is 5.91 Å². The van der Waals surface area contributed by atoms with Crippen LogP contribution in [0.4, 0.5) is 10.5 Å². The summed E-state index contributed by atoms with van der Waals surface area (Å²) in [5.74, 6) is 0.752. The van der Waals surface area contributed by atoms with E-state index in [9.17, 15) is 14.7 Å². The zero-order valence-corrected chi connectivity index (χ0v) is 20.8. The minimum Gasteiger partial charge on any atom is -0.494 e. The summed E-state index contributed by atoms with van der Waals surface area (Å²) < 4.78 is 5.58. The van der Waals surface area contributed by atoms with Crippen molar-refractivity contribution in [3.8, 4) is 5.75 Å². The van der Waals surface area contributed by atoms with Gasteiger partial charge in [0.2, 0.25) is 0 Å². The molecular weight excluding hydrogens is 444 g/mol. The molecule has 188 valence electrons. The van der Waals surface area contributed by atoms with Crippen LogP contribution in [0.5, 0.6) is 5.75 Å². The number of carbonyl (C=O) groups excluding carboxylic acids is 1. The average Bonchev–Trinajstić information content (AvgIpc) is 3.32. The Kier molecular flexibility index (Phi) is 7.80. The first-order valence-electron chi connectivity index (χ1n) is 12.6. The number of nitrogens with zero attached hydrogens (tertiary/aromatic N) is 2. The number of rotatable bonds is 9. The van der Waals surface area contributed by atoms with E-state index in [2.05, 4.69) is 29.4 Å². The molecule has 2 amide bonds. The van der Waals surface area contributed by atoms with Crippen molar-refractivity contribution in [2.45, 2.75) is 39.3 Å². The second-order valence-electron chi connectivity index (χ2n) is 9.08. The molecule has 2 aliphatic heterocycles. The van der Waals surface area contributed by atoms with E-state index in [-0.39, 0.29) is 23.9 Å². The topological polar surface area (TPSA) is 94.1 Å². The Hall–Kier alpha value is -3.26. The molecule has 0 aliphatic carbocycles. The first-order valence-corrected chi connectivity index (χ1v) is 12.6. The fraction of sp³-hybridized carbons (Fsp3) is 0.481. The highest BCUT2D eigenvalue weighted by atomic mass is 16.5. The molecule has 4 rings (SSSR count). The first-order chi connectivity index (χ1) is 17.0. The van der Waals surface area contributed by atoms with Crippen molar-refractivity contribution in [3.63, 3.8) is 0 Å². The standard InChI is InChI=1S/C27H36N4O4/c1-4-30(5-2)16-14-28-26(32)19-9-12-23-22(17-19)25-21(13-15-31(25)27(33)34)24(29-23)18-7-10-20(11-8-18)35-6-3/h7-12,17,21,24-25,29H,4-6,13-16H2,1-3H3,(H,28,32)(H,33,34). The maximum absolute atomic E-state index is 12.9. The molecule has 2 heterocycles. The number of likely N-dealkylation sites (tertiary alicyclic amines) is 1. The van der Waals surface area contributed by atoms with Crippen LogP contribution in [0.15, 0.2) is 42.5 Å². The minimum atomic E-state index is -0.926. The van der Waals surface area contributed by atoms with Crippen LogP contribution in [0.25, 0.3) is 0 Å². The number of benzene rings is 2. The number of likely N-dealkylation sites (N-methyl/N-ethyl adjacent to an activating group) is 1. The third kappa shape index (κ3) is 5.22. The van der Waals surface area contributed by atoms with Gasteiger partial charge in [0, 0.05) is 36.8 Å². The van der Waals surface area contributed by atoms with Crippen molar-refractivity contribution < 1.29 is 19.4 Å². The Labute approximate surface area is 207 Å². The Bertz CT molecular complexity index is 1040. The molecule has 1 saturated heterocycles. The van der Waals surface area contributed by atoms with Crippen LogP contribution in [-0.4, -0.2) is 66.2 Å². The molecule has 1 fully saturated rings. The molecule has 35 heavy (non-hydrogen) atoms. The summed E-state index contributed by atoms with van der Waals surface area (Å²) in [6.07, 6.45) is -0.174. The van der Waals surface area contributed by atoms with E-state index in [0.29, 0.717) is 25.3 Å². The highest BCUT2D eigenvalue weighted by Crippen LogP contribution is 2.51. The van der Waals surface area contributed by atoms with Crippen molar-refractivity contribution in [1.29, 1.82) is 0 Å². The summed E-state index contributed by atoms with van der Waals surface area (Å²) in [6, 6.07) is 13.3. The van der Waals surface area contributed by atoms with Gasteiger partial charge in [-0.1, -0.05) is 26.0 Å². The number of fused-ring (bicyclic) bond motifs is 3. The van der Waals surface area contributed by atoms with Crippen LogP contribution in [0, 0.1) is 5.92 Å². The Morgan fingerprint density at radius 2 is 1.89 bits per heavy atom. The summed E-state index contributed by atoms with van der Waals surface area (Å²) in [4.78, 5) is 28.8. The molecule has 0 spiro atoms. The van der Waals surface area contributed by atoms with Crippen molar-refractivity contribution in [2.24, 2.45) is 5.92 Å². The third-order valence-electron chi connectivity index (χ3n) is 7.22. The van der Waals surface area contributed by atoms with Gasteiger partial charge < -0.3 is 30.3 Å². The van der Waals surface area contributed by atoms with Crippen LogP contribution in [0.2, 0.25) is 0 Å². The van der Waals surface area contributed by atoms with Crippen molar-refractivity contribution in [2.75, 3.05) is 44.6 Å². The summed E-state index contributed by atoms with van der Waals surface area (Å²) in [5, 5.41) is 16.6. The van der Waals surface area contributed by atoms with E-state index < -0.39 is 6.09 Å². The SMILES string of the molecule is CCOc1ccc(C2Nc3ccc(C(=O)NCCN(CC)CC)cc3C3C2CCN3C(=O)O)cc1. The van der Waals surface area contributed by atoms with E-state index >= 15 is 0 Å². The van der Waals surface area contributed by atoms with Gasteiger partial charge >= 0.3 is 6.09 Å². The number of anilines is 1. The fourth-order valence-corrected chi connectivity index (χ4v) is 5.37. The molecule has 3 unspecified atom stereocenters. The lowest BCUT2D eigenvalue weighted by Gasteiger charge is -2.39. The normalized spacial score (nSPS) is 20.7. The maximum Gasteiger partial charge on any atom is 0.407 e. The second kappa shape index (κ2) is 11.0. The number of hydrogen-bond acceptors (Lipinski definition) is 5. The predicted molar refractivity (Wildman–Crippen MR) is 136 cm³/mol. The second-order valence-corrected chi connectivity index (χ2v) is 9.08. The molecular formula is C27H36N4O4. The molecule has 2 aliphatic rings. The number of carbonyl (C=O) groups is 2. The van der Waals surface area contributed by atoms with Gasteiger partial charge in [-0.25, -0.2) is 4.79 Å². The summed E-state index contributed by atoms with van der Waals surface area (Å²) >= 11 is 0. The van der Waals surface area contributed by atoms with Gasteiger partial charge in [-0.05, 0) is 67.9 Å². The van der Waals surface area contributed by atoms with Gasteiger partial charge in [-0.15, -0.1) is 0 Å². The van der Waals surface area contributed by atoms with Crippen molar-refractivity contribution in [3.05, 3.63) is 59.2 Å². The van der Waals surface area contributed by atoms with Crippen LogP contribution in [-0.2, 0) is 0 Å². The molecule has 2 aromatic carbocycles. The number of amides is 2. The molecule has 0 saturated carbocycles. The summed E-state index contributed by atoms with van der Waals surface area (Å²) in [6.45, 7) is 10.5. The Morgan fingerprint density at radius 3 is 2.54 bits per heavy atom. The molecule has 3 atom stereocenters. The van der Waals surface area contributed by atoms with E-state index in [4.69, 9.17) is 4.74 Å². The van der Waals surface area contributed by atoms with Gasteiger partial charge in [0.05, 0.1) is 18.7 Å². The molecule has 3 N–H and O–H groups in total. The predicted octanol–water partition coefficient (Wildman–Crippen LogP) is 4.36. The third-order valence-corrected chi connectivity index (χ3v) is 7.22. The van der Waals surface area contributed by atoms with E-state index in [1.165, 1.54) is 4.90 Å². The first kappa shape index (κ1) is 24.9. The Balaban J connectivity index is 1.59. The minimum absolute atomic E-state index is 0.0266. The quantitative estimate of drug-likeness (QED) is 0.494. The molecule has 2 aromatic rings. The lowest BCUT2D eigenvalue weighted by atomic mass is 9.79. The van der Waals surface area contributed by atoms with Gasteiger partial charge in [-0.2, -0.15) is 0 Å². The van der Waals surface area contributed by atoms with Crippen LogP contribution < -0.4 is 15.4 Å². The Morgan fingerprint density at radius 1 is 1.14 bits per heavy atom. The number of hydrogen-bond donors (Lipinski definition) is 3. The lowest BCUT2D eigenvalue weighted by molar-refractivity contribution is 0.0948. The molecule has 0 aromatic heterocycles. The highest BCUT2D eigenvalue weighted by molar-refractivity contribution is 5.95. The molecule has 8 heteroatoms. The number of carboxylic acid groups (broad SMARTS) is 1. The monoisotopic (exact) mass is 480 g/mol. The average molecular weight is 481 g/mol. The van der Waals surface area contributed by atoms with Gasteiger partial charge in [0.15, 0.2) is 0 Å². The van der Waals surface area contributed by atoms with E-state index in [1.807, 2.05) is 49.4 Å². The molecule has 0 radical (unpaired) electrons. The number of nitrogens with one attached hydrogen (secondary N) is 2. The lowest BCUT2D eigenvalue weighted by Crippen LogP contribution is -2.37. The fourth-order valence-electron chi connectivity index (χ4n) is 5.37. The zero-order chi connectivity index (χ0) is 24.9. The summed E-state index contributed by atoms with van der Waals surface area (Å²) in [5.41, 5.74) is 3.40. The van der Waals surface area contributed by atoms with Gasteiger partial charge in [0.1, 0.15) is 5.75 Å². The maximum atomic E-state index is 12.9. The van der Waals surface area contributed by atoms with Crippen LogP contribution >= 0.6 is 0 Å². The van der Waals surface area contributed by atoms with Crippen LogP contribution in [0.1, 0.15) is 60.8 Å². The summed E-state index contributed by atoms with van der Waals surface area (Å²) in [7, 11) is 0. The van der Waals surface area contributed by atoms with Gasteiger partial charge in [-0.3, -0.25) is 4.79 Å². The molecule has 8 nitrogen and oxygen atoms in total. The van der Waals surface area contributed by atoms with E-state index in [0.717, 1.165) is 48.6 Å². The van der Waals surface area contributed by atoms with Crippen molar-refractivity contribution >= 4 is 17.7 Å². The zero-order valence-electron chi connectivity index (χ0n) is 20.8. The largest absolute Gasteiger partial charge is 0.494 e. The molecule has 0 bridgehead atoms. The smallest absolute Gasteiger partial charge is 0.407 e. The number of ether oxygens (including phenoxy) is 1. The van der Waals surface area contributed by atoms with E-state index in [1.54, 1.807) is 0 Å². The van der Waals surface area contributed by atoms with Crippen LogP contribution in [0.3, 0.4) is 0 Å². The van der Waals surface area contributed by atoms with Crippen molar-refractivity contribution in [1.82, 2.24) is 15.1 Å².